The molecule has 2 heterocycles. The molecule has 0 atom stereocenters. The van der Waals surface area contributed by atoms with Crippen molar-refractivity contribution in [1.82, 2.24) is 0 Å². The molecule has 60 heavy (non-hydrogen) atoms. The smallest absolute Gasteiger partial charge is 0.136 e. The van der Waals surface area contributed by atoms with Crippen molar-refractivity contribution in [1.29, 1.82) is 0 Å². The molecule has 0 unspecified atom stereocenters. The third-order valence-corrected chi connectivity index (χ3v) is 14.2. The molecule has 0 aromatic heterocycles. The minimum Gasteiger partial charge on any atom is -0.456 e. The fourth-order valence-electron chi connectivity index (χ4n) is 12.3. The van der Waals surface area contributed by atoms with Gasteiger partial charge >= 0.3 is 0 Å². The quantitative estimate of drug-likeness (QED) is 0.129. The van der Waals surface area contributed by atoms with Crippen molar-refractivity contribution in [2.45, 2.75) is 41.5 Å². The summed E-state index contributed by atoms with van der Waals surface area (Å²) in [7, 11) is 0. The summed E-state index contributed by atoms with van der Waals surface area (Å²) in [4.78, 5) is 0. The molecule has 12 aromatic rings. The molecular weight excluding hydrogens is 729 g/mol. The van der Waals surface area contributed by atoms with Crippen LogP contribution in [0.1, 0.15) is 33.4 Å². The maximum absolute atomic E-state index is 7.16. The standard InChI is InChI=1S/C58H38O2/c1-27-21-29(3)49(30(4)22-27)37-13-15-41-43-25-47-57-55-45(19-17-39(53(43)55)35-11-7-9-33(37)51(35)41)60-48-26-44-42-16-14-38(50-31(5)23-28(2)24-32(50)6)34-10-8-12-36(52(34)42)40-18-20-46(59-47)56(54(40)44)58(48)57/h7-26H,1-6H3. The average Bonchev–Trinajstić information content (AvgIpc) is 3.23. The topological polar surface area (TPSA) is 26.3 Å². The van der Waals surface area contributed by atoms with Crippen molar-refractivity contribution in [2.75, 3.05) is 0 Å². The summed E-state index contributed by atoms with van der Waals surface area (Å²) in [5.74, 6) is 0. The van der Waals surface area contributed by atoms with Gasteiger partial charge in [-0.25, -0.2) is 0 Å². The fourth-order valence-corrected chi connectivity index (χ4v) is 12.3. The Balaban J connectivity index is 1.12. The van der Waals surface area contributed by atoms with Gasteiger partial charge in [-0.15, -0.1) is 0 Å². The lowest BCUT2D eigenvalue weighted by Crippen LogP contribution is -1.98. The molecule has 0 aliphatic carbocycles. The fraction of sp³-hybridized carbons (Fsp3) is 0.103. The molecule has 0 amide bonds. The molecule has 0 radical (unpaired) electrons. The number of aryl methyl sites for hydroxylation is 6. The van der Waals surface area contributed by atoms with Gasteiger partial charge in [0.25, 0.3) is 0 Å². The zero-order valence-corrected chi connectivity index (χ0v) is 34.4. The lowest BCUT2D eigenvalue weighted by molar-refractivity contribution is 0.647. The van der Waals surface area contributed by atoms with Gasteiger partial charge in [-0.3, -0.25) is 0 Å². The van der Waals surface area contributed by atoms with E-state index in [-0.39, 0.29) is 0 Å². The molecule has 2 heteroatoms. The number of benzene rings is 12. The van der Waals surface area contributed by atoms with E-state index < -0.39 is 0 Å². The lowest BCUT2D eigenvalue weighted by Gasteiger charge is -2.25. The third-order valence-electron chi connectivity index (χ3n) is 14.2. The summed E-state index contributed by atoms with van der Waals surface area (Å²) in [6, 6.07) is 45.9. The molecule has 2 aliphatic rings. The van der Waals surface area contributed by atoms with Gasteiger partial charge in [0.1, 0.15) is 22.3 Å². The van der Waals surface area contributed by atoms with Crippen LogP contribution in [-0.4, -0.2) is 0 Å². The highest BCUT2D eigenvalue weighted by Crippen LogP contribution is 2.56. The summed E-state index contributed by atoms with van der Waals surface area (Å²) < 4.78 is 14.3. The van der Waals surface area contributed by atoms with Crippen LogP contribution in [0.3, 0.4) is 0 Å². The van der Waals surface area contributed by atoms with Crippen LogP contribution in [0.25, 0.3) is 142 Å². The maximum atomic E-state index is 7.16. The van der Waals surface area contributed by atoms with Gasteiger partial charge in [0.15, 0.2) is 0 Å². The first-order valence-electron chi connectivity index (χ1n) is 21.2. The summed E-state index contributed by atoms with van der Waals surface area (Å²) in [6.45, 7) is 13.4. The van der Waals surface area contributed by atoms with Gasteiger partial charge in [-0.1, -0.05) is 96.1 Å². The number of fused-ring (bicyclic) bond motifs is 4. The molecule has 0 saturated carbocycles. The Morgan fingerprint density at radius 1 is 0.267 bits per heavy atom. The first-order chi connectivity index (χ1) is 29.2. The summed E-state index contributed by atoms with van der Waals surface area (Å²) in [5, 5.41) is 19.8. The second kappa shape index (κ2) is 10.9. The summed E-state index contributed by atoms with van der Waals surface area (Å²) in [5.41, 5.74) is 18.9. The largest absolute Gasteiger partial charge is 0.456 e. The monoisotopic (exact) mass is 766 g/mol. The van der Waals surface area contributed by atoms with Crippen LogP contribution in [0.15, 0.2) is 130 Å². The molecule has 0 bridgehead atoms. The highest BCUT2D eigenvalue weighted by Gasteiger charge is 2.30. The van der Waals surface area contributed by atoms with Gasteiger partial charge in [0, 0.05) is 32.7 Å². The zero-order valence-electron chi connectivity index (χ0n) is 34.4. The Hall–Kier alpha value is -7.16. The number of hydrogen-bond donors (Lipinski definition) is 0. The molecule has 0 spiro atoms. The predicted octanol–water partition coefficient (Wildman–Crippen LogP) is 17.0. The van der Waals surface area contributed by atoms with Gasteiger partial charge < -0.3 is 8.83 Å². The third kappa shape index (κ3) is 3.86. The molecular formula is C58H38O2. The summed E-state index contributed by atoms with van der Waals surface area (Å²) >= 11 is 0. The van der Waals surface area contributed by atoms with Crippen molar-refractivity contribution in [3.8, 4) is 33.4 Å². The highest BCUT2D eigenvalue weighted by molar-refractivity contribution is 6.43. The van der Waals surface area contributed by atoms with Crippen LogP contribution in [0.5, 0.6) is 0 Å². The minimum atomic E-state index is 0.884. The molecule has 12 aromatic carbocycles. The van der Waals surface area contributed by atoms with E-state index in [4.69, 9.17) is 8.83 Å². The predicted molar refractivity (Wildman–Crippen MR) is 256 cm³/mol. The molecule has 2 nitrogen and oxygen atoms in total. The lowest BCUT2D eigenvalue weighted by atomic mass is 9.81. The molecule has 282 valence electrons. The van der Waals surface area contributed by atoms with Crippen molar-refractivity contribution >= 4 is 109 Å². The SMILES string of the molecule is Cc1cc(C)c(-c2ccc3c4cc5oc6ccc7c8cccc9c(-c%10c(C)cc(C)cc%10C)ccc(c%10cc%11oc%12ccc(c%13cccc2c%133)c4c%12c5-c%11c6c7%10)c98)c(C)c1. The van der Waals surface area contributed by atoms with Crippen molar-refractivity contribution in [2.24, 2.45) is 0 Å². The van der Waals surface area contributed by atoms with Gasteiger partial charge in [-0.2, -0.15) is 0 Å². The van der Waals surface area contributed by atoms with Crippen LogP contribution in [0.4, 0.5) is 0 Å². The Morgan fingerprint density at radius 2 is 0.617 bits per heavy atom. The van der Waals surface area contributed by atoms with Gasteiger partial charge in [0.2, 0.25) is 0 Å². The first-order valence-corrected chi connectivity index (χ1v) is 21.2. The number of rotatable bonds is 2. The number of hydrogen-bond acceptors (Lipinski definition) is 2. The zero-order chi connectivity index (χ0) is 40.0. The van der Waals surface area contributed by atoms with E-state index in [2.05, 4.69) is 163 Å². The Morgan fingerprint density at radius 3 is 1.03 bits per heavy atom. The second-order valence-corrected chi connectivity index (χ2v) is 17.8. The van der Waals surface area contributed by atoms with E-state index >= 15 is 0 Å². The van der Waals surface area contributed by atoms with Crippen LogP contribution in [0, 0.1) is 41.5 Å². The molecule has 14 rings (SSSR count). The van der Waals surface area contributed by atoms with Gasteiger partial charge in [-0.05, 0) is 187 Å². The average molecular weight is 767 g/mol. The first kappa shape index (κ1) is 32.8. The van der Waals surface area contributed by atoms with Crippen molar-refractivity contribution in [3.63, 3.8) is 0 Å². The summed E-state index contributed by atoms with van der Waals surface area (Å²) in [6.07, 6.45) is 0. The van der Waals surface area contributed by atoms with E-state index in [1.54, 1.807) is 0 Å². The van der Waals surface area contributed by atoms with E-state index in [0.717, 1.165) is 44.2 Å². The van der Waals surface area contributed by atoms with Crippen molar-refractivity contribution < 1.29 is 8.83 Å². The van der Waals surface area contributed by atoms with Crippen LogP contribution in [-0.2, 0) is 0 Å². The second-order valence-electron chi connectivity index (χ2n) is 17.8. The van der Waals surface area contributed by atoms with E-state index in [0.29, 0.717) is 0 Å². The van der Waals surface area contributed by atoms with E-state index in [9.17, 15) is 0 Å². The minimum absolute atomic E-state index is 0.884. The van der Waals surface area contributed by atoms with Crippen LogP contribution >= 0.6 is 0 Å². The normalized spacial score (nSPS) is 12.8. The highest BCUT2D eigenvalue weighted by atomic mass is 16.3. The van der Waals surface area contributed by atoms with Crippen LogP contribution < -0.4 is 0 Å². The van der Waals surface area contributed by atoms with Crippen LogP contribution in [0.2, 0.25) is 0 Å². The Bertz CT molecular complexity index is 3850. The molecule has 2 aliphatic heterocycles. The van der Waals surface area contributed by atoms with Gasteiger partial charge in [0.05, 0.1) is 0 Å². The molecule has 0 saturated heterocycles. The Kier molecular flexibility index (Phi) is 5.95. The van der Waals surface area contributed by atoms with E-state index in [1.165, 1.54) is 131 Å². The maximum Gasteiger partial charge on any atom is 0.136 e. The molecule has 0 fully saturated rings. The Labute approximate surface area is 345 Å². The molecule has 0 N–H and O–H groups in total. The van der Waals surface area contributed by atoms with E-state index in [1.807, 2.05) is 0 Å². The van der Waals surface area contributed by atoms with Crippen molar-refractivity contribution in [3.05, 3.63) is 155 Å².